The van der Waals surface area contributed by atoms with Gasteiger partial charge in [-0.15, -0.1) is 0 Å². The van der Waals surface area contributed by atoms with Crippen molar-refractivity contribution < 1.29 is 13.9 Å². The lowest BCUT2D eigenvalue weighted by atomic mass is 10.2. The van der Waals surface area contributed by atoms with E-state index in [0.717, 1.165) is 45.0 Å². The summed E-state index contributed by atoms with van der Waals surface area (Å²) in [5, 5.41) is 6.62. The minimum atomic E-state index is -0.426. The molecule has 1 aromatic carbocycles. The zero-order valence-electron chi connectivity index (χ0n) is 17.6. The van der Waals surface area contributed by atoms with Crippen molar-refractivity contribution >= 4 is 5.96 Å². The van der Waals surface area contributed by atoms with Gasteiger partial charge in [0.2, 0.25) is 0 Å². The van der Waals surface area contributed by atoms with Crippen molar-refractivity contribution in [3.05, 3.63) is 54.1 Å². The van der Waals surface area contributed by atoms with E-state index in [1.54, 1.807) is 30.6 Å². The molecule has 1 fully saturated rings. The van der Waals surface area contributed by atoms with Crippen molar-refractivity contribution in [3.8, 4) is 11.5 Å². The van der Waals surface area contributed by atoms with Crippen LogP contribution >= 0.6 is 0 Å². The Labute approximate surface area is 177 Å². The van der Waals surface area contributed by atoms with Crippen molar-refractivity contribution in [1.29, 1.82) is 0 Å². The second-order valence-corrected chi connectivity index (χ2v) is 7.13. The second kappa shape index (κ2) is 11.5. The lowest BCUT2D eigenvalue weighted by molar-refractivity contribution is 0.0211. The van der Waals surface area contributed by atoms with Crippen LogP contribution in [0.5, 0.6) is 11.5 Å². The fraction of sp³-hybridized carbons (Fsp3) is 0.455. The van der Waals surface area contributed by atoms with Gasteiger partial charge in [-0.2, -0.15) is 0 Å². The highest BCUT2D eigenvalue weighted by Crippen LogP contribution is 2.24. The van der Waals surface area contributed by atoms with Crippen molar-refractivity contribution in [2.45, 2.75) is 26.4 Å². The number of pyridine rings is 1. The Bertz CT molecular complexity index is 812. The minimum absolute atomic E-state index is 0.167. The number of benzene rings is 1. The van der Waals surface area contributed by atoms with Crippen molar-refractivity contribution in [3.63, 3.8) is 0 Å². The van der Waals surface area contributed by atoms with Crippen LogP contribution in [-0.4, -0.2) is 61.3 Å². The lowest BCUT2D eigenvalue weighted by Crippen LogP contribution is -2.49. The van der Waals surface area contributed by atoms with Crippen LogP contribution in [0.1, 0.15) is 19.4 Å². The van der Waals surface area contributed by atoms with E-state index in [2.05, 4.69) is 32.4 Å². The summed E-state index contributed by atoms with van der Waals surface area (Å²) in [4.78, 5) is 11.0. The Balaban J connectivity index is 1.56. The van der Waals surface area contributed by atoms with E-state index in [1.165, 1.54) is 6.07 Å². The average Bonchev–Trinajstić information content (AvgIpc) is 2.78. The standard InChI is InChI=1S/C22H30FN5O2/c1-3-25-22(26-14-17(2)28-9-11-29-12-10-28)27-15-18-6-7-21(20(23)13-18)30-19-5-4-8-24-16-19/h4-8,13,16-17H,3,9-12,14-15H2,1-2H3,(H2,25,26,27). The molecule has 0 bridgehead atoms. The summed E-state index contributed by atoms with van der Waals surface area (Å²) >= 11 is 0. The molecule has 7 nitrogen and oxygen atoms in total. The minimum Gasteiger partial charge on any atom is -0.453 e. The van der Waals surface area contributed by atoms with E-state index in [1.807, 2.05) is 13.0 Å². The highest BCUT2D eigenvalue weighted by atomic mass is 19.1. The first kappa shape index (κ1) is 22.0. The molecule has 0 aliphatic carbocycles. The Hall–Kier alpha value is -2.71. The maximum atomic E-state index is 14.4. The molecule has 0 amide bonds. The van der Waals surface area contributed by atoms with Gasteiger partial charge in [0.25, 0.3) is 0 Å². The van der Waals surface area contributed by atoms with Gasteiger partial charge in [-0.25, -0.2) is 9.38 Å². The molecular weight excluding hydrogens is 385 g/mol. The summed E-state index contributed by atoms with van der Waals surface area (Å²) < 4.78 is 25.4. The van der Waals surface area contributed by atoms with Crippen molar-refractivity contribution in [2.75, 3.05) is 39.4 Å². The number of aromatic nitrogens is 1. The summed E-state index contributed by atoms with van der Waals surface area (Å²) in [5.74, 6) is 0.953. The molecule has 1 aromatic heterocycles. The normalized spacial score (nSPS) is 16.2. The highest BCUT2D eigenvalue weighted by Gasteiger charge is 2.17. The molecule has 0 saturated carbocycles. The third-order valence-electron chi connectivity index (χ3n) is 4.86. The molecule has 1 saturated heterocycles. The van der Waals surface area contributed by atoms with Crippen LogP contribution in [0.2, 0.25) is 0 Å². The van der Waals surface area contributed by atoms with Gasteiger partial charge in [-0.1, -0.05) is 6.07 Å². The SMILES string of the molecule is CCNC(=NCc1ccc(Oc2cccnc2)c(F)c1)NCC(C)N1CCOCC1. The van der Waals surface area contributed by atoms with Gasteiger partial charge in [0, 0.05) is 38.4 Å². The summed E-state index contributed by atoms with van der Waals surface area (Å²) in [7, 11) is 0. The van der Waals surface area contributed by atoms with Gasteiger partial charge in [0.1, 0.15) is 5.75 Å². The second-order valence-electron chi connectivity index (χ2n) is 7.13. The number of hydrogen-bond acceptors (Lipinski definition) is 5. The number of rotatable bonds is 8. The first-order chi connectivity index (χ1) is 14.7. The Kier molecular flexibility index (Phi) is 8.41. The van der Waals surface area contributed by atoms with Crippen LogP contribution in [0.4, 0.5) is 4.39 Å². The predicted octanol–water partition coefficient (Wildman–Crippen LogP) is 2.79. The van der Waals surface area contributed by atoms with Gasteiger partial charge in [0.05, 0.1) is 26.0 Å². The quantitative estimate of drug-likeness (QED) is 0.510. The molecule has 1 aliphatic rings. The fourth-order valence-electron chi connectivity index (χ4n) is 3.16. The van der Waals surface area contributed by atoms with Crippen LogP contribution in [0.15, 0.2) is 47.7 Å². The number of halogens is 1. The molecule has 8 heteroatoms. The van der Waals surface area contributed by atoms with Crippen molar-refractivity contribution in [1.82, 2.24) is 20.5 Å². The average molecular weight is 416 g/mol. The van der Waals surface area contributed by atoms with Gasteiger partial charge in [0.15, 0.2) is 17.5 Å². The monoisotopic (exact) mass is 415 g/mol. The molecule has 0 spiro atoms. The Morgan fingerprint density at radius 3 is 2.83 bits per heavy atom. The number of morpholine rings is 1. The van der Waals surface area contributed by atoms with Crippen LogP contribution in [0.25, 0.3) is 0 Å². The maximum absolute atomic E-state index is 14.4. The number of ether oxygens (including phenoxy) is 2. The summed E-state index contributed by atoms with van der Waals surface area (Å²) in [6.07, 6.45) is 3.19. The Morgan fingerprint density at radius 2 is 2.13 bits per heavy atom. The van der Waals surface area contributed by atoms with Crippen LogP contribution in [0.3, 0.4) is 0 Å². The number of aliphatic imine (C=N–C) groups is 1. The van der Waals surface area contributed by atoms with Crippen molar-refractivity contribution in [2.24, 2.45) is 4.99 Å². The zero-order valence-corrected chi connectivity index (χ0v) is 17.6. The van der Waals surface area contributed by atoms with E-state index in [4.69, 9.17) is 9.47 Å². The number of hydrogen-bond donors (Lipinski definition) is 2. The molecule has 2 aromatic rings. The first-order valence-electron chi connectivity index (χ1n) is 10.4. The molecule has 2 N–H and O–H groups in total. The number of nitrogens with one attached hydrogen (secondary N) is 2. The van der Waals surface area contributed by atoms with Gasteiger partial charge in [-0.05, 0) is 43.7 Å². The van der Waals surface area contributed by atoms with E-state index >= 15 is 0 Å². The van der Waals surface area contributed by atoms with E-state index in [-0.39, 0.29) is 5.75 Å². The van der Waals surface area contributed by atoms with E-state index < -0.39 is 5.82 Å². The smallest absolute Gasteiger partial charge is 0.191 e. The molecule has 30 heavy (non-hydrogen) atoms. The van der Waals surface area contributed by atoms with Gasteiger partial charge in [-0.3, -0.25) is 9.88 Å². The highest BCUT2D eigenvalue weighted by molar-refractivity contribution is 5.79. The predicted molar refractivity (Wildman–Crippen MR) is 115 cm³/mol. The van der Waals surface area contributed by atoms with E-state index in [9.17, 15) is 4.39 Å². The molecule has 1 aliphatic heterocycles. The molecular formula is C22H30FN5O2. The van der Waals surface area contributed by atoms with E-state index in [0.29, 0.717) is 24.3 Å². The third-order valence-corrected chi connectivity index (χ3v) is 4.86. The summed E-state index contributed by atoms with van der Waals surface area (Å²) in [6.45, 7) is 9.57. The number of nitrogens with zero attached hydrogens (tertiary/aromatic N) is 3. The zero-order chi connectivity index (χ0) is 21.2. The maximum Gasteiger partial charge on any atom is 0.191 e. The van der Waals surface area contributed by atoms with Gasteiger partial charge >= 0.3 is 0 Å². The molecule has 2 heterocycles. The number of guanidine groups is 1. The molecule has 1 atom stereocenters. The first-order valence-corrected chi connectivity index (χ1v) is 10.4. The fourth-order valence-corrected chi connectivity index (χ4v) is 3.16. The molecule has 162 valence electrons. The van der Waals surface area contributed by atoms with Crippen LogP contribution < -0.4 is 15.4 Å². The summed E-state index contributed by atoms with van der Waals surface area (Å²) in [5.41, 5.74) is 0.768. The van der Waals surface area contributed by atoms with Crippen LogP contribution in [-0.2, 0) is 11.3 Å². The lowest BCUT2D eigenvalue weighted by Gasteiger charge is -2.32. The molecule has 0 radical (unpaired) electrons. The molecule has 1 unspecified atom stereocenters. The summed E-state index contributed by atoms with van der Waals surface area (Å²) in [6, 6.07) is 8.74. The third kappa shape index (κ3) is 6.67. The molecule has 3 rings (SSSR count). The Morgan fingerprint density at radius 1 is 1.30 bits per heavy atom. The largest absolute Gasteiger partial charge is 0.453 e. The van der Waals surface area contributed by atoms with Crippen LogP contribution in [0, 0.1) is 5.82 Å². The topological polar surface area (TPSA) is 71.0 Å². The van der Waals surface area contributed by atoms with Gasteiger partial charge < -0.3 is 20.1 Å².